The van der Waals surface area contributed by atoms with Crippen molar-refractivity contribution in [3.8, 4) is 5.75 Å². The van der Waals surface area contributed by atoms with Crippen LogP contribution < -0.4 is 20.8 Å². The van der Waals surface area contributed by atoms with Crippen molar-refractivity contribution in [2.45, 2.75) is 0 Å². The van der Waals surface area contributed by atoms with Gasteiger partial charge in [0.1, 0.15) is 5.75 Å². The molecule has 0 heterocycles. The second-order valence-electron chi connectivity index (χ2n) is 7.99. The molecule has 0 atom stereocenters. The van der Waals surface area contributed by atoms with E-state index in [0.717, 1.165) is 4.47 Å². The van der Waals surface area contributed by atoms with Gasteiger partial charge in [-0.3, -0.25) is 14.4 Å². The molecule has 0 radical (unpaired) electrons. The molecule has 194 valence electrons. The van der Waals surface area contributed by atoms with Crippen molar-refractivity contribution in [3.63, 3.8) is 0 Å². The number of halogens is 1. The molecule has 3 amide bonds. The highest BCUT2D eigenvalue weighted by molar-refractivity contribution is 9.10. The highest BCUT2D eigenvalue weighted by Crippen LogP contribution is 2.18. The van der Waals surface area contributed by atoms with E-state index in [-0.39, 0.29) is 11.3 Å². The fourth-order valence-corrected chi connectivity index (χ4v) is 3.71. The molecule has 3 N–H and O–H groups in total. The highest BCUT2D eigenvalue weighted by atomic mass is 79.9. The van der Waals surface area contributed by atoms with Crippen LogP contribution in [0.2, 0.25) is 0 Å². The van der Waals surface area contributed by atoms with E-state index < -0.39 is 23.7 Å². The molecule has 10 heteroatoms. The Bertz CT molecular complexity index is 1540. The van der Waals surface area contributed by atoms with E-state index >= 15 is 0 Å². The summed E-state index contributed by atoms with van der Waals surface area (Å²) in [5.74, 6) is -2.64. The maximum atomic E-state index is 12.7. The van der Waals surface area contributed by atoms with Crippen LogP contribution in [-0.2, 0) is 9.59 Å². The molecule has 4 aromatic carbocycles. The highest BCUT2D eigenvalue weighted by Gasteiger charge is 2.18. The summed E-state index contributed by atoms with van der Waals surface area (Å²) >= 11 is 3.31. The number of hydrogen-bond acceptors (Lipinski definition) is 6. The summed E-state index contributed by atoms with van der Waals surface area (Å²) in [7, 11) is 0. The first-order valence-corrected chi connectivity index (χ1v) is 12.4. The van der Waals surface area contributed by atoms with Crippen molar-refractivity contribution in [2.75, 3.05) is 10.6 Å². The Kier molecular flexibility index (Phi) is 8.94. The second-order valence-corrected chi connectivity index (χ2v) is 8.90. The van der Waals surface area contributed by atoms with E-state index in [9.17, 15) is 19.2 Å². The molecule has 0 saturated heterocycles. The average molecular weight is 585 g/mol. The van der Waals surface area contributed by atoms with Crippen molar-refractivity contribution in [1.29, 1.82) is 0 Å². The molecule has 0 aliphatic carbocycles. The number of carbonyl (C=O) groups excluding carboxylic acids is 4. The number of para-hydroxylation sites is 2. The Morgan fingerprint density at radius 2 is 1.46 bits per heavy atom. The molecule has 39 heavy (non-hydrogen) atoms. The molecule has 9 nitrogen and oxygen atoms in total. The van der Waals surface area contributed by atoms with Crippen molar-refractivity contribution < 1.29 is 23.9 Å². The normalized spacial score (nSPS) is 10.5. The molecule has 0 unspecified atom stereocenters. The van der Waals surface area contributed by atoms with Gasteiger partial charge in [0.05, 0.1) is 23.0 Å². The number of amides is 3. The minimum absolute atomic E-state index is 0.169. The van der Waals surface area contributed by atoms with E-state index in [2.05, 4.69) is 37.1 Å². The van der Waals surface area contributed by atoms with Gasteiger partial charge in [-0.05, 0) is 72.3 Å². The predicted octanol–water partition coefficient (Wildman–Crippen LogP) is 5.01. The summed E-state index contributed by atoms with van der Waals surface area (Å²) < 4.78 is 6.11. The molecule has 0 bridgehead atoms. The van der Waals surface area contributed by atoms with Crippen LogP contribution in [0.3, 0.4) is 0 Å². The smallest absolute Gasteiger partial charge is 0.343 e. The summed E-state index contributed by atoms with van der Waals surface area (Å²) in [4.78, 5) is 49.6. The Hall–Kier alpha value is -5.09. The lowest BCUT2D eigenvalue weighted by molar-refractivity contribution is -0.136. The zero-order valence-electron chi connectivity index (χ0n) is 20.3. The lowest BCUT2D eigenvalue weighted by Gasteiger charge is -2.11. The minimum Gasteiger partial charge on any atom is -0.423 e. The number of benzene rings is 4. The second kappa shape index (κ2) is 12.9. The summed E-state index contributed by atoms with van der Waals surface area (Å²) in [6, 6.07) is 28.4. The van der Waals surface area contributed by atoms with Crippen LogP contribution in [0.15, 0.2) is 113 Å². The number of anilines is 2. The molecule has 0 saturated carbocycles. The quantitative estimate of drug-likeness (QED) is 0.0925. The fourth-order valence-electron chi connectivity index (χ4n) is 3.31. The van der Waals surface area contributed by atoms with Gasteiger partial charge in [0, 0.05) is 10.2 Å². The van der Waals surface area contributed by atoms with Gasteiger partial charge in [0.2, 0.25) is 0 Å². The van der Waals surface area contributed by atoms with Crippen molar-refractivity contribution in [1.82, 2.24) is 5.43 Å². The fraction of sp³-hybridized carbons (Fsp3) is 0. The third kappa shape index (κ3) is 7.70. The van der Waals surface area contributed by atoms with Gasteiger partial charge in [-0.1, -0.05) is 52.3 Å². The summed E-state index contributed by atoms with van der Waals surface area (Å²) in [6.45, 7) is 0. The van der Waals surface area contributed by atoms with Crippen LogP contribution >= 0.6 is 15.9 Å². The van der Waals surface area contributed by atoms with Gasteiger partial charge in [-0.15, -0.1) is 0 Å². The molecule has 0 fully saturated rings. The molecule has 0 aliphatic heterocycles. The molecular formula is C29H21BrN4O5. The van der Waals surface area contributed by atoms with Crippen LogP contribution in [0.4, 0.5) is 11.4 Å². The van der Waals surface area contributed by atoms with Gasteiger partial charge >= 0.3 is 17.8 Å². The summed E-state index contributed by atoms with van der Waals surface area (Å²) in [5, 5.41) is 8.95. The van der Waals surface area contributed by atoms with E-state index in [4.69, 9.17) is 4.74 Å². The van der Waals surface area contributed by atoms with Gasteiger partial charge in [-0.2, -0.15) is 5.10 Å². The van der Waals surface area contributed by atoms with Crippen LogP contribution in [0, 0.1) is 0 Å². The number of nitrogens with zero attached hydrogens (tertiary/aromatic N) is 1. The monoisotopic (exact) mass is 584 g/mol. The van der Waals surface area contributed by atoms with Crippen LogP contribution in [0.1, 0.15) is 26.3 Å². The molecular weight excluding hydrogens is 564 g/mol. The predicted molar refractivity (Wildman–Crippen MR) is 151 cm³/mol. The molecule has 0 spiro atoms. The molecule has 4 aromatic rings. The molecule has 0 aromatic heterocycles. The maximum absolute atomic E-state index is 12.7. The Morgan fingerprint density at radius 3 is 2.21 bits per heavy atom. The standard InChI is InChI=1S/C29H21BrN4O5/c30-21-8-6-7-20(17-21)29(38)39-23-15-13-19(14-16-23)18-31-34-28(37)27(36)33-25-12-5-4-11-24(25)26(35)32-22-9-2-1-3-10-22/h1-18H,(H,32,35)(H,33,36)(H,34,37)/b31-18-. The Morgan fingerprint density at radius 1 is 0.744 bits per heavy atom. The average Bonchev–Trinajstić information content (AvgIpc) is 2.94. The third-order valence-corrected chi connectivity index (χ3v) is 5.68. The number of nitrogens with one attached hydrogen (secondary N) is 3. The Labute approximate surface area is 232 Å². The first-order valence-electron chi connectivity index (χ1n) is 11.6. The van der Waals surface area contributed by atoms with Gasteiger partial charge in [0.15, 0.2) is 0 Å². The topological polar surface area (TPSA) is 126 Å². The number of hydrogen-bond donors (Lipinski definition) is 3. The first-order chi connectivity index (χ1) is 18.9. The van der Waals surface area contributed by atoms with Crippen LogP contribution in [0.5, 0.6) is 5.75 Å². The van der Waals surface area contributed by atoms with Crippen molar-refractivity contribution >= 4 is 57.2 Å². The van der Waals surface area contributed by atoms with Gasteiger partial charge < -0.3 is 15.4 Å². The lowest BCUT2D eigenvalue weighted by Crippen LogP contribution is -2.33. The number of carbonyl (C=O) groups is 4. The molecule has 0 aliphatic rings. The number of ether oxygens (including phenoxy) is 1. The van der Waals surface area contributed by atoms with E-state index in [1.807, 2.05) is 6.07 Å². The number of hydrazone groups is 1. The SMILES string of the molecule is O=C(N/N=C\c1ccc(OC(=O)c2cccc(Br)c2)cc1)C(=O)Nc1ccccc1C(=O)Nc1ccccc1. The minimum atomic E-state index is -1.02. The van der Waals surface area contributed by atoms with E-state index in [0.29, 0.717) is 22.6 Å². The van der Waals surface area contributed by atoms with Crippen molar-refractivity contribution in [2.24, 2.45) is 5.10 Å². The van der Waals surface area contributed by atoms with Crippen LogP contribution in [0.25, 0.3) is 0 Å². The zero-order valence-corrected chi connectivity index (χ0v) is 21.8. The lowest BCUT2D eigenvalue weighted by atomic mass is 10.1. The van der Waals surface area contributed by atoms with Crippen molar-refractivity contribution in [3.05, 3.63) is 124 Å². The summed E-state index contributed by atoms with van der Waals surface area (Å²) in [6.07, 6.45) is 1.33. The molecule has 4 rings (SSSR count). The van der Waals surface area contributed by atoms with E-state index in [1.54, 1.807) is 84.9 Å². The van der Waals surface area contributed by atoms with Gasteiger partial charge in [0.25, 0.3) is 5.91 Å². The largest absolute Gasteiger partial charge is 0.423 e. The zero-order chi connectivity index (χ0) is 27.6. The van der Waals surface area contributed by atoms with E-state index in [1.165, 1.54) is 18.3 Å². The summed E-state index contributed by atoms with van der Waals surface area (Å²) in [5.41, 5.74) is 4.07. The maximum Gasteiger partial charge on any atom is 0.343 e. The third-order valence-electron chi connectivity index (χ3n) is 5.19. The first kappa shape index (κ1) is 27.0. The van der Waals surface area contributed by atoms with Gasteiger partial charge in [-0.25, -0.2) is 10.2 Å². The van der Waals surface area contributed by atoms with Crippen LogP contribution in [-0.4, -0.2) is 29.9 Å². The number of esters is 1. The Balaban J connectivity index is 1.30. The number of rotatable bonds is 7.